The number of nitrogens with one attached hydrogen (secondary N) is 2. The predicted octanol–water partition coefficient (Wildman–Crippen LogP) is 2.39. The van der Waals surface area contributed by atoms with E-state index < -0.39 is 4.92 Å². The van der Waals surface area contributed by atoms with Gasteiger partial charge < -0.3 is 20.1 Å². The molecule has 1 heterocycles. The molecule has 0 spiro atoms. The Morgan fingerprint density at radius 3 is 2.68 bits per heavy atom. The predicted molar refractivity (Wildman–Crippen MR) is 112 cm³/mol. The average molecular weight is 434 g/mol. The largest absolute Gasteiger partial charge is 0.490 e. The summed E-state index contributed by atoms with van der Waals surface area (Å²) < 4.78 is 10.4. The van der Waals surface area contributed by atoms with E-state index in [-0.39, 0.29) is 35.2 Å². The van der Waals surface area contributed by atoms with Gasteiger partial charge in [-0.15, -0.1) is 24.2 Å². The summed E-state index contributed by atoms with van der Waals surface area (Å²) in [5.41, 5.74) is 0.721. The van der Waals surface area contributed by atoms with E-state index in [2.05, 4.69) is 10.6 Å². The zero-order valence-corrected chi connectivity index (χ0v) is 17.8. The van der Waals surface area contributed by atoms with Gasteiger partial charge in [0.2, 0.25) is 5.91 Å². The number of carbonyl (C=O) groups excluding carboxylic acids is 1. The quantitative estimate of drug-likeness (QED) is 0.431. The Kier molecular flexibility index (Phi) is 10.6. The lowest BCUT2D eigenvalue weighted by Crippen LogP contribution is -2.47. The number of rotatable bonds is 10. The van der Waals surface area contributed by atoms with Crippen LogP contribution in [-0.2, 0) is 15.3 Å². The van der Waals surface area contributed by atoms with Gasteiger partial charge in [-0.1, -0.05) is 6.07 Å². The van der Waals surface area contributed by atoms with Crippen LogP contribution in [0.25, 0.3) is 0 Å². The van der Waals surface area contributed by atoms with Gasteiger partial charge in [0, 0.05) is 30.9 Å². The molecule has 28 heavy (non-hydrogen) atoms. The van der Waals surface area contributed by atoms with Gasteiger partial charge in [0.1, 0.15) is 0 Å². The lowest BCUT2D eigenvalue weighted by atomic mass is 9.79. The molecule has 10 heteroatoms. The normalized spacial score (nSPS) is 15.4. The number of carbonyl (C=O) groups is 1. The molecule has 1 aromatic rings. The van der Waals surface area contributed by atoms with Crippen molar-refractivity contribution in [1.29, 1.82) is 0 Å². The van der Waals surface area contributed by atoms with E-state index in [4.69, 9.17) is 9.47 Å². The third-order valence-corrected chi connectivity index (χ3v) is 5.72. The van der Waals surface area contributed by atoms with Crippen molar-refractivity contribution >= 4 is 35.8 Å². The summed E-state index contributed by atoms with van der Waals surface area (Å²) in [4.78, 5) is 22.8. The maximum atomic E-state index is 12.2. The average Bonchev–Trinajstić information content (AvgIpc) is 2.67. The number of nitro groups is 1. The van der Waals surface area contributed by atoms with Crippen LogP contribution in [0.5, 0.6) is 5.75 Å². The summed E-state index contributed by atoms with van der Waals surface area (Å²) in [5, 5.41) is 17.4. The maximum absolute atomic E-state index is 12.2. The molecule has 0 bridgehead atoms. The highest BCUT2D eigenvalue weighted by Gasteiger charge is 2.32. The zero-order chi connectivity index (χ0) is 19.7. The number of nitro benzene ring substituents is 1. The van der Waals surface area contributed by atoms with E-state index in [0.29, 0.717) is 24.7 Å². The molecular formula is C18H28ClN3O5S. The van der Waals surface area contributed by atoms with Crippen LogP contribution in [0, 0.1) is 15.5 Å². The van der Waals surface area contributed by atoms with Crippen LogP contribution >= 0.6 is 24.2 Å². The van der Waals surface area contributed by atoms with Gasteiger partial charge in [0.05, 0.1) is 24.4 Å². The van der Waals surface area contributed by atoms with E-state index in [1.807, 2.05) is 0 Å². The topological polar surface area (TPSA) is 103 Å². The highest BCUT2D eigenvalue weighted by Crippen LogP contribution is 2.29. The minimum absolute atomic E-state index is 0. The summed E-state index contributed by atoms with van der Waals surface area (Å²) in [7, 11) is 3.09. The Morgan fingerprint density at radius 1 is 1.36 bits per heavy atom. The van der Waals surface area contributed by atoms with Gasteiger partial charge >= 0.3 is 5.69 Å². The molecule has 1 aromatic carbocycles. The second-order valence-corrected chi connectivity index (χ2v) is 7.70. The van der Waals surface area contributed by atoms with E-state index in [9.17, 15) is 14.9 Å². The highest BCUT2D eigenvalue weighted by molar-refractivity contribution is 7.99. The van der Waals surface area contributed by atoms with E-state index in [1.54, 1.807) is 19.2 Å². The van der Waals surface area contributed by atoms with Gasteiger partial charge in [0.25, 0.3) is 0 Å². The molecule has 1 saturated heterocycles. The minimum Gasteiger partial charge on any atom is -0.490 e. The zero-order valence-electron chi connectivity index (χ0n) is 16.2. The first-order chi connectivity index (χ1) is 13.0. The number of halogens is 1. The van der Waals surface area contributed by atoms with Crippen LogP contribution < -0.4 is 15.4 Å². The standard InChI is InChI=1S/C18H27N3O5S.ClH/c1-25-13-18(5-7-19-8-6-18)12-20-17(22)11-27-10-14-3-4-16(26-2)15(9-14)21(23)24;/h3-4,9,19H,5-8,10-13H2,1-2H3,(H,20,22);1H. The van der Waals surface area contributed by atoms with Crippen LogP contribution in [0.3, 0.4) is 0 Å². The number of thioether (sulfide) groups is 1. The van der Waals surface area contributed by atoms with Gasteiger partial charge in [-0.25, -0.2) is 0 Å². The van der Waals surface area contributed by atoms with Gasteiger partial charge in [-0.3, -0.25) is 14.9 Å². The van der Waals surface area contributed by atoms with Crippen molar-refractivity contribution in [2.45, 2.75) is 18.6 Å². The lowest BCUT2D eigenvalue weighted by Gasteiger charge is -2.37. The fraction of sp³-hybridized carbons (Fsp3) is 0.611. The number of hydrogen-bond acceptors (Lipinski definition) is 7. The van der Waals surface area contributed by atoms with Crippen LogP contribution in [0.1, 0.15) is 18.4 Å². The van der Waals surface area contributed by atoms with E-state index in [0.717, 1.165) is 31.5 Å². The second-order valence-electron chi connectivity index (χ2n) is 6.72. The Balaban J connectivity index is 0.00000392. The highest BCUT2D eigenvalue weighted by atomic mass is 35.5. The monoisotopic (exact) mass is 433 g/mol. The Morgan fingerprint density at radius 2 is 2.07 bits per heavy atom. The molecule has 2 N–H and O–H groups in total. The summed E-state index contributed by atoms with van der Waals surface area (Å²) >= 11 is 1.43. The number of nitrogens with zero attached hydrogens (tertiary/aromatic N) is 1. The van der Waals surface area contributed by atoms with Crippen LogP contribution in [-0.4, -0.2) is 57.0 Å². The molecule has 0 saturated carbocycles. The SMILES string of the molecule is COCC1(CNC(=O)CSCc2ccc(OC)c([N+](=O)[O-])c2)CCNCC1.Cl. The minimum atomic E-state index is -0.464. The van der Waals surface area contributed by atoms with Crippen molar-refractivity contribution in [2.75, 3.05) is 46.2 Å². The molecular weight excluding hydrogens is 406 g/mol. The fourth-order valence-corrected chi connectivity index (χ4v) is 4.01. The van der Waals surface area contributed by atoms with Crippen molar-refractivity contribution in [3.8, 4) is 5.75 Å². The second kappa shape index (κ2) is 12.1. The fourth-order valence-electron chi connectivity index (χ4n) is 3.20. The summed E-state index contributed by atoms with van der Waals surface area (Å²) in [6.45, 7) is 3.11. The van der Waals surface area contributed by atoms with Crippen molar-refractivity contribution in [1.82, 2.24) is 10.6 Å². The number of methoxy groups -OCH3 is 2. The first kappa shape index (κ1) is 24.5. The Bertz CT molecular complexity index is 651. The Hall–Kier alpha value is -1.55. The molecule has 0 unspecified atom stereocenters. The first-order valence-corrected chi connectivity index (χ1v) is 10.0. The smallest absolute Gasteiger partial charge is 0.311 e. The molecule has 8 nitrogen and oxygen atoms in total. The van der Waals surface area contributed by atoms with Crippen LogP contribution in [0.4, 0.5) is 5.69 Å². The number of ether oxygens (including phenoxy) is 2. The molecule has 1 aliphatic heterocycles. The van der Waals surface area contributed by atoms with Gasteiger partial charge in [-0.2, -0.15) is 0 Å². The summed E-state index contributed by atoms with van der Waals surface area (Å²) in [5.74, 6) is 1.03. The molecule has 0 aromatic heterocycles. The third-order valence-electron chi connectivity index (χ3n) is 4.72. The molecule has 0 radical (unpaired) electrons. The van der Waals surface area contributed by atoms with E-state index >= 15 is 0 Å². The molecule has 1 amide bonds. The third kappa shape index (κ3) is 7.12. The molecule has 1 aliphatic rings. The molecule has 0 atom stereocenters. The van der Waals surface area contributed by atoms with Gasteiger partial charge in [0.15, 0.2) is 5.75 Å². The van der Waals surface area contributed by atoms with Crippen molar-refractivity contribution in [3.63, 3.8) is 0 Å². The van der Waals surface area contributed by atoms with Crippen LogP contribution in [0.2, 0.25) is 0 Å². The molecule has 1 fully saturated rings. The maximum Gasteiger partial charge on any atom is 0.311 e. The summed E-state index contributed by atoms with van der Waals surface area (Å²) in [6.07, 6.45) is 1.95. The molecule has 2 rings (SSSR count). The van der Waals surface area contributed by atoms with Crippen molar-refractivity contribution < 1.29 is 19.2 Å². The van der Waals surface area contributed by atoms with E-state index in [1.165, 1.54) is 24.9 Å². The van der Waals surface area contributed by atoms with Gasteiger partial charge in [-0.05, 0) is 37.6 Å². The number of amides is 1. The molecule has 0 aliphatic carbocycles. The molecule has 158 valence electrons. The number of hydrogen-bond donors (Lipinski definition) is 2. The Labute approximate surface area is 175 Å². The van der Waals surface area contributed by atoms with Crippen molar-refractivity contribution in [2.24, 2.45) is 5.41 Å². The first-order valence-electron chi connectivity index (χ1n) is 8.85. The van der Waals surface area contributed by atoms with Crippen molar-refractivity contribution in [3.05, 3.63) is 33.9 Å². The number of benzene rings is 1. The number of piperidine rings is 1. The van der Waals surface area contributed by atoms with Crippen LogP contribution in [0.15, 0.2) is 18.2 Å². The summed E-state index contributed by atoms with van der Waals surface area (Å²) in [6, 6.07) is 4.85. The lowest BCUT2D eigenvalue weighted by molar-refractivity contribution is -0.385.